The molecule has 2 rings (SSSR count). The van der Waals surface area contributed by atoms with Crippen LogP contribution in [0.5, 0.6) is 0 Å². The molecule has 0 aliphatic heterocycles. The number of nitro benzene ring substituents is 1. The molecule has 0 aliphatic rings. The maximum atomic E-state index is 12.2. The van der Waals surface area contributed by atoms with Crippen LogP contribution in [0.1, 0.15) is 22.1 Å². The van der Waals surface area contributed by atoms with E-state index in [1.54, 1.807) is 14.0 Å². The molecule has 0 aliphatic carbocycles. The van der Waals surface area contributed by atoms with Gasteiger partial charge in [0.15, 0.2) is 5.82 Å². The van der Waals surface area contributed by atoms with Crippen molar-refractivity contribution in [2.24, 2.45) is 0 Å². The number of halogens is 1. The van der Waals surface area contributed by atoms with Crippen LogP contribution in [0, 0.1) is 17.0 Å². The van der Waals surface area contributed by atoms with Crippen LogP contribution in [-0.4, -0.2) is 32.9 Å². The summed E-state index contributed by atoms with van der Waals surface area (Å²) in [5.41, 5.74) is -0.00187. The summed E-state index contributed by atoms with van der Waals surface area (Å²) in [6, 6.07) is 3.81. The highest BCUT2D eigenvalue weighted by atomic mass is 35.5. The van der Waals surface area contributed by atoms with E-state index in [0.717, 1.165) is 0 Å². The van der Waals surface area contributed by atoms with Gasteiger partial charge in [0, 0.05) is 25.6 Å². The van der Waals surface area contributed by atoms with Crippen molar-refractivity contribution in [1.82, 2.24) is 15.0 Å². The smallest absolute Gasteiger partial charge is 0.287 e. The first-order valence-electron chi connectivity index (χ1n) is 5.87. The summed E-state index contributed by atoms with van der Waals surface area (Å²) in [5, 5.41) is 14.3. The Bertz CT molecular complexity index is 700. The van der Waals surface area contributed by atoms with E-state index in [2.05, 4.69) is 10.1 Å². The van der Waals surface area contributed by atoms with E-state index in [4.69, 9.17) is 16.1 Å². The Kier molecular flexibility index (Phi) is 4.18. The van der Waals surface area contributed by atoms with Gasteiger partial charge in [-0.2, -0.15) is 4.98 Å². The Morgan fingerprint density at radius 2 is 2.24 bits per heavy atom. The molecule has 21 heavy (non-hydrogen) atoms. The second-order valence-corrected chi connectivity index (χ2v) is 4.72. The van der Waals surface area contributed by atoms with E-state index < -0.39 is 4.92 Å². The fourth-order valence-corrected chi connectivity index (χ4v) is 1.95. The van der Waals surface area contributed by atoms with Crippen molar-refractivity contribution < 1.29 is 14.2 Å². The Hall–Kier alpha value is -2.48. The van der Waals surface area contributed by atoms with E-state index in [0.29, 0.717) is 11.7 Å². The summed E-state index contributed by atoms with van der Waals surface area (Å²) in [6.45, 7) is 1.80. The molecule has 0 saturated carbocycles. The van der Waals surface area contributed by atoms with Crippen LogP contribution in [0.2, 0.25) is 5.02 Å². The van der Waals surface area contributed by atoms with Gasteiger partial charge in [-0.15, -0.1) is 0 Å². The molecule has 0 fully saturated rings. The number of rotatable bonds is 4. The largest absolute Gasteiger partial charge is 0.340 e. The number of nitro groups is 1. The summed E-state index contributed by atoms with van der Waals surface area (Å²) in [6.07, 6.45) is 0. The molecule has 0 atom stereocenters. The van der Waals surface area contributed by atoms with Crippen molar-refractivity contribution in [1.29, 1.82) is 0 Å². The van der Waals surface area contributed by atoms with Gasteiger partial charge in [-0.1, -0.05) is 16.8 Å². The number of aromatic nitrogens is 2. The van der Waals surface area contributed by atoms with Crippen LogP contribution in [0.3, 0.4) is 0 Å². The fourth-order valence-electron chi connectivity index (χ4n) is 1.70. The molecule has 110 valence electrons. The SMILES string of the molecule is Cc1nc(CN(C)C(=O)c2ccc([N+](=O)[O-])c(Cl)c2)no1. The predicted octanol–water partition coefficient (Wildman–Crippen LogP) is 2.21. The van der Waals surface area contributed by atoms with E-state index in [1.807, 2.05) is 0 Å². The normalized spacial score (nSPS) is 10.4. The van der Waals surface area contributed by atoms with Gasteiger partial charge in [0.25, 0.3) is 11.6 Å². The Morgan fingerprint density at radius 1 is 1.52 bits per heavy atom. The maximum absolute atomic E-state index is 12.2. The lowest BCUT2D eigenvalue weighted by atomic mass is 10.2. The molecule has 0 N–H and O–H groups in total. The number of hydrogen-bond donors (Lipinski definition) is 0. The number of carbonyl (C=O) groups is 1. The zero-order valence-electron chi connectivity index (χ0n) is 11.2. The molecule has 8 nitrogen and oxygen atoms in total. The molecule has 1 aromatic carbocycles. The molecular formula is C12H11ClN4O4. The predicted molar refractivity (Wildman–Crippen MR) is 72.9 cm³/mol. The van der Waals surface area contributed by atoms with E-state index in [1.165, 1.54) is 23.1 Å². The number of amides is 1. The van der Waals surface area contributed by atoms with Gasteiger partial charge < -0.3 is 9.42 Å². The summed E-state index contributed by atoms with van der Waals surface area (Å²) in [4.78, 5) is 27.6. The van der Waals surface area contributed by atoms with Gasteiger partial charge in [0.05, 0.1) is 11.5 Å². The van der Waals surface area contributed by atoms with Crippen molar-refractivity contribution in [2.75, 3.05) is 7.05 Å². The van der Waals surface area contributed by atoms with Crippen molar-refractivity contribution in [3.8, 4) is 0 Å². The third-order valence-electron chi connectivity index (χ3n) is 2.69. The standard InChI is InChI=1S/C12H11ClN4O4/c1-7-14-11(15-21-7)6-16(2)12(18)8-3-4-10(17(19)20)9(13)5-8/h3-5H,6H2,1-2H3. The monoisotopic (exact) mass is 310 g/mol. The molecule has 2 aromatic rings. The minimum Gasteiger partial charge on any atom is -0.340 e. The summed E-state index contributed by atoms with van der Waals surface area (Å²) in [7, 11) is 1.56. The maximum Gasteiger partial charge on any atom is 0.287 e. The molecule has 1 heterocycles. The molecular weight excluding hydrogens is 300 g/mol. The lowest BCUT2D eigenvalue weighted by molar-refractivity contribution is -0.384. The number of aryl methyl sites for hydroxylation is 1. The average Bonchev–Trinajstić information content (AvgIpc) is 2.82. The number of hydrogen-bond acceptors (Lipinski definition) is 6. The highest BCUT2D eigenvalue weighted by Crippen LogP contribution is 2.25. The van der Waals surface area contributed by atoms with Crippen LogP contribution in [-0.2, 0) is 6.54 Å². The summed E-state index contributed by atoms with van der Waals surface area (Å²) < 4.78 is 4.82. The molecule has 9 heteroatoms. The van der Waals surface area contributed by atoms with E-state index >= 15 is 0 Å². The number of benzene rings is 1. The lowest BCUT2D eigenvalue weighted by Crippen LogP contribution is -2.26. The quantitative estimate of drug-likeness (QED) is 0.633. The number of carbonyl (C=O) groups excluding carboxylic acids is 1. The van der Waals surface area contributed by atoms with Crippen molar-refractivity contribution in [3.05, 3.63) is 50.6 Å². The van der Waals surface area contributed by atoms with Gasteiger partial charge in [-0.25, -0.2) is 0 Å². The first kappa shape index (κ1) is 14.9. The van der Waals surface area contributed by atoms with E-state index in [-0.39, 0.29) is 28.7 Å². The molecule has 0 unspecified atom stereocenters. The minimum absolute atomic E-state index is 0.0883. The van der Waals surface area contributed by atoms with Crippen molar-refractivity contribution in [3.63, 3.8) is 0 Å². The van der Waals surface area contributed by atoms with Gasteiger partial charge in [-0.3, -0.25) is 14.9 Å². The highest BCUT2D eigenvalue weighted by molar-refractivity contribution is 6.33. The zero-order chi connectivity index (χ0) is 15.6. The minimum atomic E-state index is -0.609. The topological polar surface area (TPSA) is 102 Å². The van der Waals surface area contributed by atoms with Crippen LogP contribution in [0.25, 0.3) is 0 Å². The van der Waals surface area contributed by atoms with Gasteiger partial charge in [0.1, 0.15) is 5.02 Å². The Labute approximate surface area is 124 Å². The average molecular weight is 311 g/mol. The molecule has 1 aromatic heterocycles. The summed E-state index contributed by atoms with van der Waals surface area (Å²) in [5.74, 6) is 0.426. The van der Waals surface area contributed by atoms with Crippen LogP contribution in [0.15, 0.2) is 22.7 Å². The molecule has 0 spiro atoms. The second kappa shape index (κ2) is 5.88. The molecule has 1 amide bonds. The van der Waals surface area contributed by atoms with Crippen molar-refractivity contribution in [2.45, 2.75) is 13.5 Å². The van der Waals surface area contributed by atoms with Gasteiger partial charge in [0.2, 0.25) is 5.89 Å². The van der Waals surface area contributed by atoms with Crippen LogP contribution >= 0.6 is 11.6 Å². The first-order valence-corrected chi connectivity index (χ1v) is 6.25. The van der Waals surface area contributed by atoms with Gasteiger partial charge >= 0.3 is 0 Å². The van der Waals surface area contributed by atoms with E-state index in [9.17, 15) is 14.9 Å². The van der Waals surface area contributed by atoms with Gasteiger partial charge in [-0.05, 0) is 12.1 Å². The summed E-state index contributed by atoms with van der Waals surface area (Å²) >= 11 is 5.78. The third kappa shape index (κ3) is 3.34. The molecule has 0 radical (unpaired) electrons. The Morgan fingerprint density at radius 3 is 2.76 bits per heavy atom. The van der Waals surface area contributed by atoms with Crippen LogP contribution in [0.4, 0.5) is 5.69 Å². The lowest BCUT2D eigenvalue weighted by Gasteiger charge is -2.15. The highest BCUT2D eigenvalue weighted by Gasteiger charge is 2.18. The van der Waals surface area contributed by atoms with Crippen molar-refractivity contribution >= 4 is 23.2 Å². The third-order valence-corrected chi connectivity index (χ3v) is 2.99. The zero-order valence-corrected chi connectivity index (χ0v) is 12.0. The Balaban J connectivity index is 2.15. The number of nitrogens with zero attached hydrogens (tertiary/aromatic N) is 4. The first-order chi connectivity index (χ1) is 9.88. The van der Waals surface area contributed by atoms with Crippen LogP contribution < -0.4 is 0 Å². The molecule has 0 saturated heterocycles. The molecule has 0 bridgehead atoms. The second-order valence-electron chi connectivity index (χ2n) is 4.31. The fraction of sp³-hybridized carbons (Fsp3) is 0.250.